The van der Waals surface area contributed by atoms with Crippen LogP contribution in [0.5, 0.6) is 5.88 Å². The van der Waals surface area contributed by atoms with E-state index in [1.807, 2.05) is 18.2 Å². The molecular weight excluding hydrogens is 202 g/mol. The Morgan fingerprint density at radius 3 is 2.75 bits per heavy atom. The molecular formula is C12H19N3O. The maximum atomic E-state index is 5.87. The van der Waals surface area contributed by atoms with E-state index in [-0.39, 0.29) is 0 Å². The summed E-state index contributed by atoms with van der Waals surface area (Å²) in [5, 5.41) is 3.43. The van der Waals surface area contributed by atoms with Gasteiger partial charge in [0.2, 0.25) is 5.88 Å². The van der Waals surface area contributed by atoms with Crippen LogP contribution in [0.1, 0.15) is 25.7 Å². The number of nitrogens with one attached hydrogen (secondary N) is 1. The van der Waals surface area contributed by atoms with Gasteiger partial charge in [0.15, 0.2) is 0 Å². The molecule has 1 aromatic heterocycles. The van der Waals surface area contributed by atoms with Crippen molar-refractivity contribution < 1.29 is 4.74 Å². The third-order valence-corrected chi connectivity index (χ3v) is 3.06. The van der Waals surface area contributed by atoms with E-state index in [1.165, 1.54) is 0 Å². The third kappa shape index (κ3) is 2.85. The Bertz CT molecular complexity index is 335. The van der Waals surface area contributed by atoms with Gasteiger partial charge in [-0.1, -0.05) is 6.07 Å². The van der Waals surface area contributed by atoms with E-state index in [4.69, 9.17) is 10.5 Å². The first-order chi connectivity index (χ1) is 7.78. The van der Waals surface area contributed by atoms with Crippen molar-refractivity contribution in [1.29, 1.82) is 0 Å². The van der Waals surface area contributed by atoms with Gasteiger partial charge < -0.3 is 15.8 Å². The first-order valence-corrected chi connectivity index (χ1v) is 5.81. The molecule has 4 nitrogen and oxygen atoms in total. The number of pyridine rings is 1. The second kappa shape index (κ2) is 5.16. The van der Waals surface area contributed by atoms with Crippen LogP contribution in [0, 0.1) is 0 Å². The van der Waals surface area contributed by atoms with Gasteiger partial charge in [0.1, 0.15) is 5.82 Å². The van der Waals surface area contributed by atoms with Crippen molar-refractivity contribution in [3.63, 3.8) is 0 Å². The summed E-state index contributed by atoms with van der Waals surface area (Å²) in [6.45, 7) is 0. The third-order valence-electron chi connectivity index (χ3n) is 3.06. The molecule has 1 heterocycles. The monoisotopic (exact) mass is 221 g/mol. The highest BCUT2D eigenvalue weighted by atomic mass is 16.5. The van der Waals surface area contributed by atoms with Gasteiger partial charge in [-0.15, -0.1) is 0 Å². The molecule has 0 bridgehead atoms. The molecule has 0 aromatic carbocycles. The Morgan fingerprint density at radius 1 is 1.31 bits per heavy atom. The zero-order chi connectivity index (χ0) is 11.4. The van der Waals surface area contributed by atoms with Gasteiger partial charge in [0.25, 0.3) is 0 Å². The van der Waals surface area contributed by atoms with Crippen LogP contribution in [0.25, 0.3) is 0 Å². The molecule has 0 radical (unpaired) electrons. The minimum atomic E-state index is 0.385. The van der Waals surface area contributed by atoms with Crippen LogP contribution in [0.4, 0.5) is 5.82 Å². The fourth-order valence-corrected chi connectivity index (χ4v) is 2.08. The van der Waals surface area contributed by atoms with E-state index < -0.39 is 0 Å². The maximum absolute atomic E-state index is 5.87. The lowest BCUT2D eigenvalue weighted by atomic mass is 9.92. The summed E-state index contributed by atoms with van der Waals surface area (Å²) in [5.74, 6) is 1.54. The predicted octanol–water partition coefficient (Wildman–Crippen LogP) is 1.77. The average Bonchev–Trinajstić information content (AvgIpc) is 2.32. The fourth-order valence-electron chi connectivity index (χ4n) is 2.08. The van der Waals surface area contributed by atoms with Crippen LogP contribution < -0.4 is 15.8 Å². The summed E-state index contributed by atoms with van der Waals surface area (Å²) in [6.07, 6.45) is 4.45. The Kier molecular flexibility index (Phi) is 3.62. The van der Waals surface area contributed by atoms with Gasteiger partial charge in [-0.2, -0.15) is 4.98 Å². The van der Waals surface area contributed by atoms with Gasteiger partial charge in [0, 0.05) is 18.2 Å². The maximum Gasteiger partial charge on any atom is 0.214 e. The Labute approximate surface area is 96.2 Å². The normalized spacial score (nSPS) is 25.1. The summed E-state index contributed by atoms with van der Waals surface area (Å²) in [6, 6.07) is 6.65. The Balaban J connectivity index is 1.93. The summed E-state index contributed by atoms with van der Waals surface area (Å²) in [4.78, 5) is 4.34. The van der Waals surface area contributed by atoms with Gasteiger partial charge in [-0.25, -0.2) is 0 Å². The molecule has 16 heavy (non-hydrogen) atoms. The van der Waals surface area contributed by atoms with Crippen LogP contribution >= 0.6 is 0 Å². The zero-order valence-corrected chi connectivity index (χ0v) is 9.65. The van der Waals surface area contributed by atoms with Crippen LogP contribution in [-0.2, 0) is 0 Å². The van der Waals surface area contributed by atoms with E-state index in [0.29, 0.717) is 18.0 Å². The van der Waals surface area contributed by atoms with E-state index in [9.17, 15) is 0 Å². The zero-order valence-electron chi connectivity index (χ0n) is 9.65. The SMILES string of the molecule is COc1cccc(NC2CCC(N)CC2)n1. The van der Waals surface area contributed by atoms with Gasteiger partial charge in [0.05, 0.1) is 7.11 Å². The van der Waals surface area contributed by atoms with E-state index in [0.717, 1.165) is 31.5 Å². The largest absolute Gasteiger partial charge is 0.481 e. The van der Waals surface area contributed by atoms with E-state index in [2.05, 4.69) is 10.3 Å². The lowest BCUT2D eigenvalue weighted by molar-refractivity contribution is 0.395. The minimum Gasteiger partial charge on any atom is -0.481 e. The molecule has 1 aliphatic carbocycles. The van der Waals surface area contributed by atoms with Crippen molar-refractivity contribution in [3.05, 3.63) is 18.2 Å². The molecule has 0 amide bonds. The average molecular weight is 221 g/mol. The molecule has 3 N–H and O–H groups in total. The van der Waals surface area contributed by atoms with Crippen LogP contribution in [0.15, 0.2) is 18.2 Å². The summed E-state index contributed by atoms with van der Waals surface area (Å²) < 4.78 is 5.09. The molecule has 0 unspecified atom stereocenters. The molecule has 1 saturated carbocycles. The molecule has 2 rings (SSSR count). The second-order valence-corrected chi connectivity index (χ2v) is 4.32. The number of nitrogens with zero attached hydrogens (tertiary/aromatic N) is 1. The van der Waals surface area contributed by atoms with Crippen LogP contribution in [-0.4, -0.2) is 24.2 Å². The lowest BCUT2D eigenvalue weighted by Crippen LogP contribution is -2.32. The number of nitrogens with two attached hydrogens (primary N) is 1. The molecule has 1 aliphatic rings. The minimum absolute atomic E-state index is 0.385. The number of hydrogen-bond acceptors (Lipinski definition) is 4. The Hall–Kier alpha value is -1.29. The van der Waals surface area contributed by atoms with Gasteiger partial charge in [-0.3, -0.25) is 0 Å². The van der Waals surface area contributed by atoms with Crippen LogP contribution in [0.3, 0.4) is 0 Å². The van der Waals surface area contributed by atoms with Crippen molar-refractivity contribution in [3.8, 4) is 5.88 Å². The molecule has 1 fully saturated rings. The highest BCUT2D eigenvalue weighted by Gasteiger charge is 2.18. The molecule has 0 atom stereocenters. The molecule has 0 aliphatic heterocycles. The van der Waals surface area contributed by atoms with Crippen molar-refractivity contribution in [2.75, 3.05) is 12.4 Å². The van der Waals surface area contributed by atoms with E-state index in [1.54, 1.807) is 7.11 Å². The molecule has 4 heteroatoms. The topological polar surface area (TPSA) is 60.2 Å². The fraction of sp³-hybridized carbons (Fsp3) is 0.583. The Morgan fingerprint density at radius 2 is 2.06 bits per heavy atom. The number of anilines is 1. The van der Waals surface area contributed by atoms with Gasteiger partial charge in [-0.05, 0) is 31.7 Å². The standard InChI is InChI=1S/C12H19N3O/c1-16-12-4-2-3-11(15-12)14-10-7-5-9(13)6-8-10/h2-4,9-10H,5-8,13H2,1H3,(H,14,15). The number of hydrogen-bond donors (Lipinski definition) is 2. The first-order valence-electron chi connectivity index (χ1n) is 5.81. The van der Waals surface area contributed by atoms with E-state index >= 15 is 0 Å². The quantitative estimate of drug-likeness (QED) is 0.816. The summed E-state index contributed by atoms with van der Waals surface area (Å²) >= 11 is 0. The summed E-state index contributed by atoms with van der Waals surface area (Å²) in [5.41, 5.74) is 5.87. The highest BCUT2D eigenvalue weighted by Crippen LogP contribution is 2.21. The molecule has 0 spiro atoms. The number of aromatic nitrogens is 1. The second-order valence-electron chi connectivity index (χ2n) is 4.32. The molecule has 88 valence electrons. The highest BCUT2D eigenvalue weighted by molar-refractivity contribution is 5.38. The van der Waals surface area contributed by atoms with Crippen molar-refractivity contribution in [2.45, 2.75) is 37.8 Å². The predicted molar refractivity (Wildman–Crippen MR) is 64.6 cm³/mol. The number of ether oxygens (including phenoxy) is 1. The van der Waals surface area contributed by atoms with Crippen molar-refractivity contribution in [1.82, 2.24) is 4.98 Å². The molecule has 1 aromatic rings. The first kappa shape index (κ1) is 11.2. The van der Waals surface area contributed by atoms with Crippen LogP contribution in [0.2, 0.25) is 0 Å². The van der Waals surface area contributed by atoms with Crippen molar-refractivity contribution in [2.24, 2.45) is 5.73 Å². The summed E-state index contributed by atoms with van der Waals surface area (Å²) in [7, 11) is 1.63. The van der Waals surface area contributed by atoms with Gasteiger partial charge >= 0.3 is 0 Å². The molecule has 0 saturated heterocycles. The lowest BCUT2D eigenvalue weighted by Gasteiger charge is -2.27. The smallest absolute Gasteiger partial charge is 0.214 e. The van der Waals surface area contributed by atoms with Crippen molar-refractivity contribution >= 4 is 5.82 Å². The number of rotatable bonds is 3. The number of methoxy groups -OCH3 is 1.